The molecule has 0 unspecified atom stereocenters. The molecule has 0 saturated heterocycles. The molecule has 0 aliphatic carbocycles. The zero-order valence-electron chi connectivity index (χ0n) is 8.45. The zero-order chi connectivity index (χ0) is 12.5. The highest BCUT2D eigenvalue weighted by molar-refractivity contribution is 9.10. The minimum Gasteiger partial charge on any atom is -0.226 e. The fourth-order valence-corrected chi connectivity index (χ4v) is 3.33. The van der Waals surface area contributed by atoms with Crippen molar-refractivity contribution in [3.05, 3.63) is 52.0 Å². The van der Waals surface area contributed by atoms with Crippen LogP contribution < -0.4 is 0 Å². The number of nitrogens with zero attached hydrogens (tertiary/aromatic N) is 2. The van der Waals surface area contributed by atoms with Crippen LogP contribution in [0.1, 0.15) is 0 Å². The number of halogens is 1. The predicted octanol–water partition coefficient (Wildman–Crippen LogP) is 2.61. The molecule has 1 aromatic heterocycles. The molecule has 2 aromatic rings. The molecule has 7 heteroatoms. The number of hydrogen-bond acceptors (Lipinski definition) is 4. The number of rotatable bonds is 2. The van der Waals surface area contributed by atoms with Crippen LogP contribution >= 0.6 is 28.1 Å². The molecule has 0 spiro atoms. The summed E-state index contributed by atoms with van der Waals surface area (Å²) in [6.45, 7) is 0. The zero-order valence-corrected chi connectivity index (χ0v) is 11.7. The Labute approximate surface area is 112 Å². The molecule has 0 N–H and O–H groups in total. The van der Waals surface area contributed by atoms with Gasteiger partial charge in [-0.15, -0.1) is 0 Å². The molecular formula is C10H7BrN2O2S2. The maximum absolute atomic E-state index is 12.2. The Morgan fingerprint density at radius 2 is 1.88 bits per heavy atom. The van der Waals surface area contributed by atoms with Gasteiger partial charge < -0.3 is 0 Å². The van der Waals surface area contributed by atoms with E-state index in [0.717, 1.165) is 3.97 Å². The van der Waals surface area contributed by atoms with Gasteiger partial charge in [-0.25, -0.2) is 17.4 Å². The molecule has 0 saturated carbocycles. The van der Waals surface area contributed by atoms with E-state index < -0.39 is 10.0 Å². The minimum absolute atomic E-state index is 0.00273. The summed E-state index contributed by atoms with van der Waals surface area (Å²) in [5.74, 6) is 0. The van der Waals surface area contributed by atoms with Crippen LogP contribution in [-0.2, 0) is 10.0 Å². The van der Waals surface area contributed by atoms with E-state index in [1.165, 1.54) is 24.5 Å². The van der Waals surface area contributed by atoms with Crippen LogP contribution in [0.25, 0.3) is 0 Å². The highest BCUT2D eigenvalue weighted by Crippen LogP contribution is 2.15. The third-order valence-electron chi connectivity index (χ3n) is 2.03. The quantitative estimate of drug-likeness (QED) is 0.794. The summed E-state index contributed by atoms with van der Waals surface area (Å²) in [5.41, 5.74) is 0. The first-order valence-corrected chi connectivity index (χ1v) is 7.21. The fraction of sp³-hybridized carbons (Fsp3) is 0. The Bertz CT molecular complexity index is 696. The van der Waals surface area contributed by atoms with Crippen molar-refractivity contribution in [1.29, 1.82) is 0 Å². The first-order valence-electron chi connectivity index (χ1n) is 4.56. The van der Waals surface area contributed by atoms with Gasteiger partial charge in [0.1, 0.15) is 0 Å². The average Bonchev–Trinajstić information content (AvgIpc) is 2.33. The summed E-state index contributed by atoms with van der Waals surface area (Å²) in [5, 5.41) is 0. The van der Waals surface area contributed by atoms with Gasteiger partial charge in [0.2, 0.25) is 4.77 Å². The molecule has 0 bridgehead atoms. The topological polar surface area (TPSA) is 52.0 Å². The molecule has 0 atom stereocenters. The van der Waals surface area contributed by atoms with Crippen LogP contribution in [0.4, 0.5) is 0 Å². The molecule has 0 amide bonds. The van der Waals surface area contributed by atoms with Gasteiger partial charge in [0.15, 0.2) is 0 Å². The summed E-state index contributed by atoms with van der Waals surface area (Å²) in [6.07, 6.45) is 2.84. The van der Waals surface area contributed by atoms with E-state index in [1.54, 1.807) is 18.2 Å². The maximum atomic E-state index is 12.2. The Kier molecular flexibility index (Phi) is 3.41. The van der Waals surface area contributed by atoms with Crippen molar-refractivity contribution in [1.82, 2.24) is 8.96 Å². The van der Waals surface area contributed by atoms with Gasteiger partial charge in [0, 0.05) is 12.4 Å². The smallest absolute Gasteiger partial charge is 0.226 e. The third-order valence-corrected chi connectivity index (χ3v) is 4.52. The number of benzene rings is 1. The SMILES string of the molecule is O=S(=O)(c1ccccc1)n1cc(Br)cnc1=S. The molecule has 88 valence electrons. The Hall–Kier alpha value is -1.05. The van der Waals surface area contributed by atoms with E-state index >= 15 is 0 Å². The van der Waals surface area contributed by atoms with Gasteiger partial charge >= 0.3 is 0 Å². The van der Waals surface area contributed by atoms with Crippen molar-refractivity contribution >= 4 is 38.2 Å². The largest absolute Gasteiger partial charge is 0.270 e. The third kappa shape index (κ3) is 2.46. The van der Waals surface area contributed by atoms with Crippen molar-refractivity contribution in [2.75, 3.05) is 0 Å². The molecule has 0 radical (unpaired) electrons. The molecule has 17 heavy (non-hydrogen) atoms. The monoisotopic (exact) mass is 330 g/mol. The van der Waals surface area contributed by atoms with Crippen molar-refractivity contribution < 1.29 is 8.42 Å². The lowest BCUT2D eigenvalue weighted by Crippen LogP contribution is -2.14. The molecule has 4 nitrogen and oxygen atoms in total. The van der Waals surface area contributed by atoms with Gasteiger partial charge in [-0.1, -0.05) is 18.2 Å². The summed E-state index contributed by atoms with van der Waals surface area (Å²) in [6, 6.07) is 8.08. The van der Waals surface area contributed by atoms with Crippen LogP contribution in [0.5, 0.6) is 0 Å². The fourth-order valence-electron chi connectivity index (χ4n) is 1.25. The Morgan fingerprint density at radius 1 is 1.24 bits per heavy atom. The summed E-state index contributed by atoms with van der Waals surface area (Å²) >= 11 is 8.08. The lowest BCUT2D eigenvalue weighted by molar-refractivity contribution is 0.585. The lowest BCUT2D eigenvalue weighted by Gasteiger charge is -2.07. The van der Waals surface area contributed by atoms with E-state index in [2.05, 4.69) is 20.9 Å². The highest BCUT2D eigenvalue weighted by atomic mass is 79.9. The molecule has 0 aliphatic rings. The Morgan fingerprint density at radius 3 is 2.53 bits per heavy atom. The average molecular weight is 331 g/mol. The van der Waals surface area contributed by atoms with Crippen LogP contribution in [0.2, 0.25) is 0 Å². The molecular weight excluding hydrogens is 324 g/mol. The van der Waals surface area contributed by atoms with Crippen LogP contribution in [0.15, 0.2) is 52.1 Å². The van der Waals surface area contributed by atoms with E-state index in [9.17, 15) is 8.42 Å². The van der Waals surface area contributed by atoms with Crippen LogP contribution in [-0.4, -0.2) is 17.4 Å². The van der Waals surface area contributed by atoms with E-state index in [4.69, 9.17) is 12.2 Å². The van der Waals surface area contributed by atoms with Crippen molar-refractivity contribution in [2.45, 2.75) is 4.90 Å². The Balaban J connectivity index is 2.69. The normalized spacial score (nSPS) is 11.4. The minimum atomic E-state index is -3.67. The van der Waals surface area contributed by atoms with Gasteiger partial charge in [0.05, 0.1) is 9.37 Å². The second-order valence-corrected chi connectivity index (χ2v) is 6.26. The van der Waals surface area contributed by atoms with Gasteiger partial charge in [-0.05, 0) is 40.3 Å². The summed E-state index contributed by atoms with van der Waals surface area (Å²) < 4.78 is 26.0. The van der Waals surface area contributed by atoms with Crippen LogP contribution in [0, 0.1) is 4.77 Å². The van der Waals surface area contributed by atoms with Gasteiger partial charge in [0.25, 0.3) is 10.0 Å². The maximum Gasteiger partial charge on any atom is 0.270 e. The highest BCUT2D eigenvalue weighted by Gasteiger charge is 2.16. The standard InChI is InChI=1S/C10H7BrN2O2S2/c11-8-6-12-10(16)13(7-8)17(14,15)9-4-2-1-3-5-9/h1-7H. The van der Waals surface area contributed by atoms with Crippen molar-refractivity contribution in [2.24, 2.45) is 0 Å². The van der Waals surface area contributed by atoms with Crippen LogP contribution in [0.3, 0.4) is 0 Å². The molecule has 1 heterocycles. The molecule has 2 rings (SSSR count). The molecule has 0 aliphatic heterocycles. The number of hydrogen-bond donors (Lipinski definition) is 0. The van der Waals surface area contributed by atoms with Crippen molar-refractivity contribution in [3.8, 4) is 0 Å². The summed E-state index contributed by atoms with van der Waals surface area (Å²) in [7, 11) is -3.67. The second-order valence-electron chi connectivity index (χ2n) is 3.17. The predicted molar refractivity (Wildman–Crippen MR) is 69.8 cm³/mol. The van der Waals surface area contributed by atoms with E-state index in [1.807, 2.05) is 0 Å². The van der Waals surface area contributed by atoms with Crippen molar-refractivity contribution in [3.63, 3.8) is 0 Å². The van der Waals surface area contributed by atoms with Gasteiger partial charge in [-0.2, -0.15) is 0 Å². The van der Waals surface area contributed by atoms with E-state index in [0.29, 0.717) is 4.47 Å². The number of aromatic nitrogens is 2. The molecule has 1 aromatic carbocycles. The second kappa shape index (κ2) is 4.67. The van der Waals surface area contributed by atoms with E-state index in [-0.39, 0.29) is 9.67 Å². The molecule has 0 fully saturated rings. The summed E-state index contributed by atoms with van der Waals surface area (Å²) in [4.78, 5) is 4.00. The first-order chi connectivity index (χ1) is 8.01. The van der Waals surface area contributed by atoms with Gasteiger partial charge in [-0.3, -0.25) is 0 Å². The lowest BCUT2D eigenvalue weighted by atomic mass is 10.4. The first kappa shape index (κ1) is 12.4.